The van der Waals surface area contributed by atoms with Crippen molar-refractivity contribution < 1.29 is 23.8 Å². The maximum absolute atomic E-state index is 15.4. The number of phenolic OH excluding ortho intramolecular Hbond substituents is 1. The van der Waals surface area contributed by atoms with Crippen molar-refractivity contribution in [2.45, 2.75) is 13.0 Å². The van der Waals surface area contributed by atoms with Gasteiger partial charge in [-0.15, -0.1) is 0 Å². The summed E-state index contributed by atoms with van der Waals surface area (Å²) < 4.78 is 23.1. The van der Waals surface area contributed by atoms with E-state index in [9.17, 15) is 19.5 Å². The number of benzene rings is 2. The summed E-state index contributed by atoms with van der Waals surface area (Å²) in [6.07, 6.45) is 1.42. The third-order valence-electron chi connectivity index (χ3n) is 6.60. The Hall–Kier alpha value is -4.12. The third kappa shape index (κ3) is 4.11. The van der Waals surface area contributed by atoms with Crippen LogP contribution in [0.15, 0.2) is 41.3 Å². The van der Waals surface area contributed by atoms with Crippen LogP contribution in [0.2, 0.25) is 0 Å². The van der Waals surface area contributed by atoms with Crippen molar-refractivity contribution in [3.05, 3.63) is 63.7 Å². The average Bonchev–Trinajstić information content (AvgIpc) is 2.86. The molecule has 1 saturated heterocycles. The zero-order valence-corrected chi connectivity index (χ0v) is 19.9. The number of nitrogens with one attached hydrogen (secondary N) is 2. The van der Waals surface area contributed by atoms with E-state index in [1.54, 1.807) is 4.57 Å². The van der Waals surface area contributed by atoms with E-state index < -0.39 is 23.1 Å². The Kier molecular flexibility index (Phi) is 6.00. The minimum absolute atomic E-state index is 0.0267. The van der Waals surface area contributed by atoms with Gasteiger partial charge in [0.05, 0.1) is 16.9 Å². The smallest absolute Gasteiger partial charge is 0.275 e. The number of piperazine rings is 1. The molecule has 0 radical (unpaired) electrons. The van der Waals surface area contributed by atoms with E-state index in [0.717, 1.165) is 19.2 Å². The van der Waals surface area contributed by atoms with Gasteiger partial charge in [-0.05, 0) is 38.2 Å². The van der Waals surface area contributed by atoms with E-state index in [-0.39, 0.29) is 34.9 Å². The standard InChI is InChI=1S/C25H26FN5O5/c1-14-13-36-23-20-17(11-19(26)21(23)30-8-6-29(2)7-9-30)22(33)18(12-31(14)20)25(35)28-27-24(34)15-4-3-5-16(32)10-15/h3-5,10-12,14,32H,6-9,13H2,1-2H3,(H,27,34)(H,28,35)/t14-/m0/s1. The lowest BCUT2D eigenvalue weighted by Crippen LogP contribution is -2.45. The molecule has 1 atom stereocenters. The zero-order chi connectivity index (χ0) is 25.6. The molecule has 188 valence electrons. The number of carbonyl (C=O) groups is 2. The molecule has 3 N–H and O–H groups in total. The van der Waals surface area contributed by atoms with Crippen molar-refractivity contribution >= 4 is 28.4 Å². The summed E-state index contributed by atoms with van der Waals surface area (Å²) in [6.45, 7) is 4.89. The van der Waals surface area contributed by atoms with Crippen LogP contribution >= 0.6 is 0 Å². The van der Waals surface area contributed by atoms with Crippen LogP contribution in [0.3, 0.4) is 0 Å². The number of amides is 2. The van der Waals surface area contributed by atoms with Gasteiger partial charge in [0.2, 0.25) is 5.43 Å². The molecule has 2 amide bonds. The number of phenols is 1. The summed E-state index contributed by atoms with van der Waals surface area (Å²) in [4.78, 5) is 42.6. The SMILES string of the molecule is C[C@H]1COc2c(N3CCN(C)CC3)c(F)cc3c(=O)c(C(=O)NNC(=O)c4cccc(O)c4)cn1c23. The predicted molar refractivity (Wildman–Crippen MR) is 131 cm³/mol. The van der Waals surface area contributed by atoms with Crippen molar-refractivity contribution in [1.82, 2.24) is 20.3 Å². The summed E-state index contributed by atoms with van der Waals surface area (Å²) >= 11 is 0. The Labute approximate surface area is 205 Å². The summed E-state index contributed by atoms with van der Waals surface area (Å²) in [5.74, 6) is -1.91. The Morgan fingerprint density at radius 1 is 1.11 bits per heavy atom. The number of carbonyl (C=O) groups excluding carboxylic acids is 2. The van der Waals surface area contributed by atoms with Crippen molar-refractivity contribution in [1.29, 1.82) is 0 Å². The Morgan fingerprint density at radius 2 is 1.83 bits per heavy atom. The summed E-state index contributed by atoms with van der Waals surface area (Å²) in [5.41, 5.74) is 4.43. The fourth-order valence-electron chi connectivity index (χ4n) is 4.60. The number of likely N-dealkylation sites (N-methyl/N-ethyl adjacent to an activating group) is 1. The van der Waals surface area contributed by atoms with Crippen LogP contribution in [-0.2, 0) is 0 Å². The van der Waals surface area contributed by atoms with Gasteiger partial charge >= 0.3 is 0 Å². The van der Waals surface area contributed by atoms with Gasteiger partial charge < -0.3 is 24.2 Å². The maximum atomic E-state index is 15.4. The molecule has 5 rings (SSSR count). The number of pyridine rings is 1. The van der Waals surface area contributed by atoms with Gasteiger partial charge in [-0.2, -0.15) is 0 Å². The molecule has 0 unspecified atom stereocenters. The van der Waals surface area contributed by atoms with Crippen LogP contribution in [0, 0.1) is 5.82 Å². The topological polar surface area (TPSA) is 116 Å². The van der Waals surface area contributed by atoms with E-state index in [1.165, 1.54) is 30.5 Å². The largest absolute Gasteiger partial charge is 0.508 e. The second kappa shape index (κ2) is 9.15. The molecular formula is C25H26FN5O5. The molecule has 0 aliphatic carbocycles. The quantitative estimate of drug-likeness (QED) is 0.473. The van der Waals surface area contributed by atoms with E-state index in [0.29, 0.717) is 30.0 Å². The molecule has 0 saturated carbocycles. The van der Waals surface area contributed by atoms with Gasteiger partial charge in [0.1, 0.15) is 23.6 Å². The van der Waals surface area contributed by atoms with E-state index >= 15 is 4.39 Å². The molecule has 0 bridgehead atoms. The summed E-state index contributed by atoms with van der Waals surface area (Å²) in [5, 5.41) is 9.57. The van der Waals surface area contributed by atoms with Gasteiger partial charge in [-0.25, -0.2) is 4.39 Å². The first-order valence-corrected chi connectivity index (χ1v) is 11.6. The van der Waals surface area contributed by atoms with Crippen LogP contribution in [-0.4, -0.2) is 66.2 Å². The molecule has 3 heterocycles. The van der Waals surface area contributed by atoms with Crippen LogP contribution in [0.5, 0.6) is 11.5 Å². The molecular weight excluding hydrogens is 469 g/mol. The number of rotatable bonds is 3. The number of aromatic nitrogens is 1. The number of nitrogens with zero attached hydrogens (tertiary/aromatic N) is 3. The molecule has 11 heteroatoms. The molecule has 0 spiro atoms. The minimum atomic E-state index is -0.844. The van der Waals surface area contributed by atoms with Crippen LogP contribution in [0.1, 0.15) is 33.7 Å². The Bertz CT molecular complexity index is 1430. The molecule has 2 aliphatic heterocycles. The van der Waals surface area contributed by atoms with Gasteiger partial charge in [-0.1, -0.05) is 6.07 Å². The first-order chi connectivity index (χ1) is 17.2. The highest BCUT2D eigenvalue weighted by Gasteiger charge is 2.31. The van der Waals surface area contributed by atoms with Crippen LogP contribution < -0.4 is 25.9 Å². The first-order valence-electron chi connectivity index (χ1n) is 11.6. The molecule has 2 aliphatic rings. The second-order valence-corrected chi connectivity index (χ2v) is 9.12. The second-order valence-electron chi connectivity index (χ2n) is 9.12. The number of anilines is 1. The van der Waals surface area contributed by atoms with Gasteiger partial charge in [0.15, 0.2) is 11.6 Å². The molecule has 3 aromatic rings. The molecule has 1 fully saturated rings. The average molecular weight is 496 g/mol. The monoisotopic (exact) mass is 495 g/mol. The Balaban J connectivity index is 1.51. The van der Waals surface area contributed by atoms with Crippen molar-refractivity contribution in [2.24, 2.45) is 0 Å². The van der Waals surface area contributed by atoms with Crippen molar-refractivity contribution in [2.75, 3.05) is 44.7 Å². The zero-order valence-electron chi connectivity index (χ0n) is 19.9. The summed E-state index contributed by atoms with van der Waals surface area (Å²) in [6, 6.07) is 6.53. The number of hydrogen-bond acceptors (Lipinski definition) is 7. The predicted octanol–water partition coefficient (Wildman–Crippen LogP) is 1.63. The highest BCUT2D eigenvalue weighted by atomic mass is 19.1. The fraction of sp³-hybridized carbons (Fsp3) is 0.320. The normalized spacial score (nSPS) is 17.5. The number of hydrogen-bond donors (Lipinski definition) is 3. The molecule has 10 nitrogen and oxygen atoms in total. The number of aromatic hydroxyl groups is 1. The third-order valence-corrected chi connectivity index (χ3v) is 6.60. The molecule has 1 aromatic heterocycles. The maximum Gasteiger partial charge on any atom is 0.275 e. The van der Waals surface area contributed by atoms with Crippen LogP contribution in [0.4, 0.5) is 10.1 Å². The lowest BCUT2D eigenvalue weighted by molar-refractivity contribution is 0.0845. The highest BCUT2D eigenvalue weighted by Crippen LogP contribution is 2.42. The lowest BCUT2D eigenvalue weighted by atomic mass is 10.0. The van der Waals surface area contributed by atoms with Gasteiger partial charge in [0.25, 0.3) is 11.8 Å². The number of hydrazine groups is 1. The van der Waals surface area contributed by atoms with Crippen molar-refractivity contribution in [3.63, 3.8) is 0 Å². The molecule has 2 aromatic carbocycles. The van der Waals surface area contributed by atoms with Gasteiger partial charge in [0, 0.05) is 37.9 Å². The number of ether oxygens (including phenoxy) is 1. The lowest BCUT2D eigenvalue weighted by Gasteiger charge is -2.37. The van der Waals surface area contributed by atoms with E-state index in [2.05, 4.69) is 15.8 Å². The highest BCUT2D eigenvalue weighted by molar-refractivity contribution is 6.02. The minimum Gasteiger partial charge on any atom is -0.508 e. The summed E-state index contributed by atoms with van der Waals surface area (Å²) in [7, 11) is 2.01. The fourth-order valence-corrected chi connectivity index (χ4v) is 4.60. The van der Waals surface area contributed by atoms with Crippen molar-refractivity contribution in [3.8, 4) is 11.5 Å². The van der Waals surface area contributed by atoms with E-state index in [1.807, 2.05) is 18.9 Å². The van der Waals surface area contributed by atoms with E-state index in [4.69, 9.17) is 4.74 Å². The first kappa shape index (κ1) is 23.6. The van der Waals surface area contributed by atoms with Gasteiger partial charge in [-0.3, -0.25) is 25.2 Å². The van der Waals surface area contributed by atoms with Crippen LogP contribution in [0.25, 0.3) is 10.9 Å². The molecule has 36 heavy (non-hydrogen) atoms. The Morgan fingerprint density at radius 3 is 2.56 bits per heavy atom. The number of halogens is 1.